The number of aliphatic carboxylic acids is 1. The highest BCUT2D eigenvalue weighted by molar-refractivity contribution is 7.99. The van der Waals surface area contributed by atoms with E-state index in [4.69, 9.17) is 5.11 Å². The van der Waals surface area contributed by atoms with Gasteiger partial charge in [0, 0.05) is 29.9 Å². The molecule has 8 heteroatoms. The minimum atomic E-state index is -1.05. The van der Waals surface area contributed by atoms with Crippen molar-refractivity contribution >= 4 is 35.4 Å². The number of Topliss-reactive ketones (excluding diaryl/α,β-unsaturated/α-hetero) is 1. The van der Waals surface area contributed by atoms with Crippen molar-refractivity contribution in [2.24, 2.45) is 5.92 Å². The van der Waals surface area contributed by atoms with Gasteiger partial charge in [-0.05, 0) is 0 Å². The van der Waals surface area contributed by atoms with Gasteiger partial charge in [-0.3, -0.25) is 14.4 Å². The van der Waals surface area contributed by atoms with E-state index in [1.165, 1.54) is 18.7 Å². The van der Waals surface area contributed by atoms with Gasteiger partial charge >= 0.3 is 11.9 Å². The molecule has 1 atom stereocenters. The number of benzene rings is 1. The molecule has 0 aliphatic rings. The molecule has 0 radical (unpaired) electrons. The summed E-state index contributed by atoms with van der Waals surface area (Å²) in [5.74, 6) is -2.38. The molecule has 0 aromatic heterocycles. The zero-order chi connectivity index (χ0) is 17.9. The summed E-state index contributed by atoms with van der Waals surface area (Å²) in [6.45, 7) is 1.22. The van der Waals surface area contributed by atoms with Crippen molar-refractivity contribution in [3.63, 3.8) is 0 Å². The molecule has 7 nitrogen and oxygen atoms in total. The average Bonchev–Trinajstić information content (AvgIpc) is 2.55. The van der Waals surface area contributed by atoms with E-state index in [1.54, 1.807) is 30.3 Å². The molecule has 1 amide bonds. The average molecular weight is 353 g/mol. The number of nitrogens with one attached hydrogen (secondary N) is 1. The van der Waals surface area contributed by atoms with Crippen molar-refractivity contribution in [3.05, 3.63) is 35.9 Å². The van der Waals surface area contributed by atoms with Crippen LogP contribution in [0.3, 0.4) is 0 Å². The first kappa shape index (κ1) is 19.7. The minimum Gasteiger partial charge on any atom is -0.481 e. The number of carboxylic acids is 1. The Hall–Kier alpha value is -2.35. The van der Waals surface area contributed by atoms with Gasteiger partial charge in [0.05, 0.1) is 12.8 Å². The molecule has 0 spiro atoms. The topological polar surface area (TPSA) is 110 Å². The van der Waals surface area contributed by atoms with Gasteiger partial charge in [0.25, 0.3) is 0 Å². The zero-order valence-corrected chi connectivity index (χ0v) is 14.0. The monoisotopic (exact) mass is 353 g/mol. The first-order chi connectivity index (χ1) is 11.4. The van der Waals surface area contributed by atoms with Crippen molar-refractivity contribution in [1.82, 2.24) is 5.48 Å². The summed E-state index contributed by atoms with van der Waals surface area (Å²) in [6, 6.07) is 8.50. The summed E-state index contributed by atoms with van der Waals surface area (Å²) in [5.41, 5.74) is 2.40. The Bertz CT molecular complexity index is 589. The molecule has 0 saturated heterocycles. The lowest BCUT2D eigenvalue weighted by Crippen LogP contribution is -2.25. The van der Waals surface area contributed by atoms with Crippen LogP contribution in [0.25, 0.3) is 0 Å². The number of hydrogen-bond donors (Lipinski definition) is 2. The fourth-order valence-electron chi connectivity index (χ4n) is 1.84. The quantitative estimate of drug-likeness (QED) is 0.395. The molecular weight excluding hydrogens is 334 g/mol. The first-order valence-electron chi connectivity index (χ1n) is 7.25. The molecule has 24 heavy (non-hydrogen) atoms. The number of amides is 1. The van der Waals surface area contributed by atoms with Crippen LogP contribution in [-0.2, 0) is 19.2 Å². The predicted molar refractivity (Wildman–Crippen MR) is 88.4 cm³/mol. The highest BCUT2D eigenvalue weighted by atomic mass is 32.2. The maximum atomic E-state index is 12.4. The highest BCUT2D eigenvalue weighted by Crippen LogP contribution is 2.19. The second kappa shape index (κ2) is 10.4. The second-order valence-electron chi connectivity index (χ2n) is 4.98. The van der Waals surface area contributed by atoms with Crippen LogP contribution < -0.4 is 5.48 Å². The maximum absolute atomic E-state index is 12.4. The Balaban J connectivity index is 2.46. The molecule has 0 bridgehead atoms. The Morgan fingerprint density at radius 1 is 1.21 bits per heavy atom. The molecule has 1 rings (SSSR count). The lowest BCUT2D eigenvalue weighted by molar-refractivity contribution is -0.157. The summed E-state index contributed by atoms with van der Waals surface area (Å²) in [6.07, 6.45) is -0.221. The summed E-state index contributed by atoms with van der Waals surface area (Å²) in [7, 11) is 0. The first-order valence-corrected chi connectivity index (χ1v) is 8.40. The number of hydroxylamine groups is 1. The predicted octanol–water partition coefficient (Wildman–Crippen LogP) is 1.68. The van der Waals surface area contributed by atoms with Crippen LogP contribution in [0, 0.1) is 5.92 Å². The number of thioether (sulfide) groups is 1. The Kier molecular flexibility index (Phi) is 8.56. The second-order valence-corrected chi connectivity index (χ2v) is 6.13. The van der Waals surface area contributed by atoms with Crippen molar-refractivity contribution in [3.8, 4) is 0 Å². The van der Waals surface area contributed by atoms with Crippen LogP contribution in [0.1, 0.15) is 30.1 Å². The van der Waals surface area contributed by atoms with Crippen LogP contribution in [0.2, 0.25) is 0 Å². The minimum absolute atomic E-state index is 0.0459. The van der Waals surface area contributed by atoms with Gasteiger partial charge in [0.2, 0.25) is 5.91 Å². The molecule has 0 aliphatic heterocycles. The fourth-order valence-corrected chi connectivity index (χ4v) is 2.87. The van der Waals surface area contributed by atoms with E-state index in [-0.39, 0.29) is 24.4 Å². The summed E-state index contributed by atoms with van der Waals surface area (Å²) in [4.78, 5) is 49.7. The molecule has 1 aromatic rings. The Labute approximate surface area is 143 Å². The van der Waals surface area contributed by atoms with Gasteiger partial charge in [-0.25, -0.2) is 4.79 Å². The largest absolute Gasteiger partial charge is 0.481 e. The molecule has 130 valence electrons. The van der Waals surface area contributed by atoms with E-state index in [2.05, 4.69) is 4.84 Å². The maximum Gasteiger partial charge on any atom is 0.333 e. The van der Waals surface area contributed by atoms with E-state index < -0.39 is 23.8 Å². The van der Waals surface area contributed by atoms with Gasteiger partial charge in [0.1, 0.15) is 0 Å². The van der Waals surface area contributed by atoms with Crippen molar-refractivity contribution < 1.29 is 29.1 Å². The third kappa shape index (κ3) is 7.77. The lowest BCUT2D eigenvalue weighted by Gasteiger charge is -2.13. The molecule has 0 fully saturated rings. The van der Waals surface area contributed by atoms with E-state index in [1.807, 2.05) is 5.48 Å². The Morgan fingerprint density at radius 3 is 2.46 bits per heavy atom. The highest BCUT2D eigenvalue weighted by Gasteiger charge is 2.23. The third-order valence-corrected chi connectivity index (χ3v) is 4.06. The SMILES string of the molecule is CC(=O)NOC(=O)CCSC[C@H](CC(=O)O)C(=O)c1ccccc1. The van der Waals surface area contributed by atoms with Gasteiger partial charge in [-0.1, -0.05) is 30.3 Å². The number of rotatable bonds is 9. The van der Waals surface area contributed by atoms with Gasteiger partial charge in [0.15, 0.2) is 5.78 Å². The van der Waals surface area contributed by atoms with Crippen LogP contribution in [0.15, 0.2) is 30.3 Å². The molecule has 0 heterocycles. The summed E-state index contributed by atoms with van der Waals surface area (Å²) < 4.78 is 0. The molecule has 0 aliphatic carbocycles. The van der Waals surface area contributed by atoms with Crippen LogP contribution in [0.4, 0.5) is 0 Å². The van der Waals surface area contributed by atoms with E-state index in [9.17, 15) is 19.2 Å². The summed E-state index contributed by atoms with van der Waals surface area (Å²) in [5, 5.41) is 8.97. The number of carbonyl (C=O) groups excluding carboxylic acids is 3. The van der Waals surface area contributed by atoms with Crippen molar-refractivity contribution in [1.29, 1.82) is 0 Å². The van der Waals surface area contributed by atoms with Gasteiger partial charge in [-0.2, -0.15) is 17.2 Å². The third-order valence-electron chi connectivity index (χ3n) is 2.93. The number of carboxylic acid groups (broad SMARTS) is 1. The van der Waals surface area contributed by atoms with Gasteiger partial charge in [-0.15, -0.1) is 0 Å². The smallest absolute Gasteiger partial charge is 0.333 e. The molecule has 0 unspecified atom stereocenters. The lowest BCUT2D eigenvalue weighted by atomic mass is 9.96. The number of ketones is 1. The molecule has 2 N–H and O–H groups in total. The molecule has 0 saturated carbocycles. The van der Waals surface area contributed by atoms with Crippen LogP contribution >= 0.6 is 11.8 Å². The van der Waals surface area contributed by atoms with E-state index in [0.29, 0.717) is 11.3 Å². The zero-order valence-electron chi connectivity index (χ0n) is 13.2. The number of carbonyl (C=O) groups is 4. The fraction of sp³-hybridized carbons (Fsp3) is 0.375. The Morgan fingerprint density at radius 2 is 1.88 bits per heavy atom. The van der Waals surface area contributed by atoms with Crippen LogP contribution in [-0.4, -0.2) is 40.2 Å². The van der Waals surface area contributed by atoms with E-state index >= 15 is 0 Å². The van der Waals surface area contributed by atoms with Crippen molar-refractivity contribution in [2.45, 2.75) is 19.8 Å². The van der Waals surface area contributed by atoms with E-state index in [0.717, 1.165) is 0 Å². The van der Waals surface area contributed by atoms with Crippen LogP contribution in [0.5, 0.6) is 0 Å². The normalized spacial score (nSPS) is 11.4. The molecular formula is C16H19NO6S. The standard InChI is InChI=1S/C16H19NO6S/c1-11(18)17-23-15(21)7-8-24-10-13(9-14(19)20)16(22)12-5-3-2-4-6-12/h2-6,13H,7-10H2,1H3,(H,17,18)(H,19,20)/t13-/m0/s1. The van der Waals surface area contributed by atoms with Crippen molar-refractivity contribution in [2.75, 3.05) is 11.5 Å². The van der Waals surface area contributed by atoms with Gasteiger partial charge < -0.3 is 9.94 Å². The number of hydrogen-bond acceptors (Lipinski definition) is 6. The summed E-state index contributed by atoms with van der Waals surface area (Å²) >= 11 is 1.29. The molecule has 1 aromatic carbocycles.